The van der Waals surface area contributed by atoms with Crippen molar-refractivity contribution in [3.05, 3.63) is 65.0 Å². The van der Waals surface area contributed by atoms with Crippen molar-refractivity contribution < 1.29 is 13.6 Å². The summed E-state index contributed by atoms with van der Waals surface area (Å²) in [5, 5.41) is 3.51. The van der Waals surface area contributed by atoms with Crippen molar-refractivity contribution >= 4 is 16.9 Å². The smallest absolute Gasteiger partial charge is 0.257 e. The Morgan fingerprint density at radius 2 is 1.86 bits per heavy atom. The highest BCUT2D eigenvalue weighted by molar-refractivity contribution is 5.94. The van der Waals surface area contributed by atoms with E-state index in [-0.39, 0.29) is 18.0 Å². The number of carbonyl (C=O) groups is 1. The van der Waals surface area contributed by atoms with Gasteiger partial charge < -0.3 is 14.8 Å². The number of hydrogen-bond donors (Lipinski definition) is 1. The summed E-state index contributed by atoms with van der Waals surface area (Å²) in [6, 6.07) is 9.31. The first-order valence-electron chi connectivity index (χ1n) is 13.1. The van der Waals surface area contributed by atoms with Gasteiger partial charge in [-0.25, -0.2) is 13.8 Å². The maximum absolute atomic E-state index is 14.4. The Morgan fingerprint density at radius 3 is 2.56 bits per heavy atom. The van der Waals surface area contributed by atoms with Crippen molar-refractivity contribution in [1.82, 2.24) is 19.8 Å². The Balaban J connectivity index is 1.85. The molecular weight excluding hydrogens is 458 g/mol. The third-order valence-electron chi connectivity index (χ3n) is 6.17. The van der Waals surface area contributed by atoms with Crippen LogP contribution in [0.2, 0.25) is 0 Å². The number of nitrogens with zero attached hydrogens (tertiary/aromatic N) is 3. The van der Waals surface area contributed by atoms with Gasteiger partial charge in [-0.1, -0.05) is 40.7 Å². The monoisotopic (exact) mass is 498 g/mol. The molecule has 0 atom stereocenters. The topological polar surface area (TPSA) is 50.2 Å². The molecule has 0 aliphatic carbocycles. The number of rotatable bonds is 13. The van der Waals surface area contributed by atoms with E-state index in [1.807, 2.05) is 13.8 Å². The second-order valence-corrected chi connectivity index (χ2v) is 10.4. The van der Waals surface area contributed by atoms with Gasteiger partial charge in [-0.05, 0) is 73.5 Å². The lowest BCUT2D eigenvalue weighted by molar-refractivity contribution is 0.0711. The first-order valence-corrected chi connectivity index (χ1v) is 13.1. The minimum absolute atomic E-state index is 0.156. The summed E-state index contributed by atoms with van der Waals surface area (Å²) >= 11 is 0. The molecular formula is C29H40F2N4O. The van der Waals surface area contributed by atoms with Crippen LogP contribution >= 0.6 is 0 Å². The highest BCUT2D eigenvalue weighted by Crippen LogP contribution is 2.22. The molecule has 1 N–H and O–H groups in total. The molecule has 3 rings (SSSR count). The van der Waals surface area contributed by atoms with Gasteiger partial charge in [0.2, 0.25) is 0 Å². The molecule has 1 aromatic heterocycles. The molecule has 0 radical (unpaired) electrons. The standard InChI is InChI=1S/C29H40F2N4O/c1-6-14-35-27-12-9-22(17-32-13-7-8-20(2)3)15-26(27)33-28(35)19-34(18-21(4)5)29(36)24-16-23(30)10-11-25(24)31/h9-12,15-16,20-21,32H,6-8,13-14,17-19H2,1-5H3. The number of aromatic nitrogens is 2. The Hall–Kier alpha value is -2.80. The number of fused-ring (bicyclic) bond motifs is 1. The Bertz CT molecular complexity index is 1160. The quantitative estimate of drug-likeness (QED) is 0.272. The number of benzene rings is 2. The van der Waals surface area contributed by atoms with Crippen molar-refractivity contribution in [1.29, 1.82) is 0 Å². The molecule has 0 fully saturated rings. The normalized spacial score (nSPS) is 11.7. The molecule has 0 bridgehead atoms. The van der Waals surface area contributed by atoms with Crippen molar-refractivity contribution in [2.24, 2.45) is 11.8 Å². The number of amides is 1. The summed E-state index contributed by atoms with van der Waals surface area (Å²) in [5.41, 5.74) is 2.81. The molecule has 0 spiro atoms. The van der Waals surface area contributed by atoms with Crippen molar-refractivity contribution in [2.75, 3.05) is 13.1 Å². The molecule has 3 aromatic rings. The van der Waals surface area contributed by atoms with Crippen molar-refractivity contribution in [2.45, 2.75) is 73.5 Å². The Morgan fingerprint density at radius 1 is 1.08 bits per heavy atom. The number of imidazole rings is 1. The number of hydrogen-bond acceptors (Lipinski definition) is 3. The predicted octanol–water partition coefficient (Wildman–Crippen LogP) is 6.55. The van der Waals surface area contributed by atoms with Gasteiger partial charge in [-0.2, -0.15) is 0 Å². The largest absolute Gasteiger partial charge is 0.331 e. The van der Waals surface area contributed by atoms with Crippen LogP contribution in [0.5, 0.6) is 0 Å². The van der Waals surface area contributed by atoms with Crippen molar-refractivity contribution in [3.63, 3.8) is 0 Å². The molecule has 0 aliphatic heterocycles. The van der Waals surface area contributed by atoms with E-state index in [4.69, 9.17) is 4.98 Å². The van der Waals surface area contributed by atoms with Gasteiger partial charge in [0.25, 0.3) is 5.91 Å². The van der Waals surface area contributed by atoms with Crippen LogP contribution in [0, 0.1) is 23.5 Å². The highest BCUT2D eigenvalue weighted by Gasteiger charge is 2.23. The van der Waals surface area contributed by atoms with Gasteiger partial charge in [0.15, 0.2) is 0 Å². The summed E-state index contributed by atoms with van der Waals surface area (Å²) in [6.45, 7) is 13.7. The fourth-order valence-electron chi connectivity index (χ4n) is 4.46. The van der Waals surface area contributed by atoms with Gasteiger partial charge in [0.1, 0.15) is 17.5 Å². The zero-order chi connectivity index (χ0) is 26.2. The number of carbonyl (C=O) groups excluding carboxylic acids is 1. The minimum atomic E-state index is -0.720. The summed E-state index contributed by atoms with van der Waals surface area (Å²) in [7, 11) is 0. The second kappa shape index (κ2) is 12.9. The van der Waals surface area contributed by atoms with Crippen LogP contribution < -0.4 is 5.32 Å². The maximum atomic E-state index is 14.4. The molecule has 196 valence electrons. The summed E-state index contributed by atoms with van der Waals surface area (Å²) in [6.07, 6.45) is 3.27. The van der Waals surface area contributed by atoms with Crippen LogP contribution in [-0.2, 0) is 19.6 Å². The molecule has 2 aromatic carbocycles. The lowest BCUT2D eigenvalue weighted by Gasteiger charge is -2.25. The van der Waals surface area contributed by atoms with Crippen LogP contribution in [0.4, 0.5) is 8.78 Å². The average molecular weight is 499 g/mol. The molecule has 0 saturated carbocycles. The lowest BCUT2D eigenvalue weighted by atomic mass is 10.1. The number of halogens is 2. The predicted molar refractivity (Wildman–Crippen MR) is 142 cm³/mol. The molecule has 1 amide bonds. The molecule has 5 nitrogen and oxygen atoms in total. The average Bonchev–Trinajstić information content (AvgIpc) is 3.15. The van der Waals surface area contributed by atoms with E-state index in [1.54, 1.807) is 4.90 Å². The number of aryl methyl sites for hydroxylation is 1. The van der Waals surface area contributed by atoms with E-state index in [2.05, 4.69) is 48.9 Å². The first-order chi connectivity index (χ1) is 17.2. The van der Waals surface area contributed by atoms with Gasteiger partial charge in [0, 0.05) is 19.6 Å². The molecule has 7 heteroatoms. The summed E-state index contributed by atoms with van der Waals surface area (Å²) in [4.78, 5) is 19.8. The van der Waals surface area contributed by atoms with E-state index in [0.29, 0.717) is 12.5 Å². The van der Waals surface area contributed by atoms with E-state index >= 15 is 0 Å². The number of nitrogens with one attached hydrogen (secondary N) is 1. The molecule has 0 saturated heterocycles. The van der Waals surface area contributed by atoms with Crippen LogP contribution in [0.1, 0.15) is 75.6 Å². The molecule has 0 unspecified atom stereocenters. The zero-order valence-corrected chi connectivity index (χ0v) is 22.3. The highest BCUT2D eigenvalue weighted by atomic mass is 19.1. The van der Waals surface area contributed by atoms with Gasteiger partial charge in [-0.15, -0.1) is 0 Å². The van der Waals surface area contributed by atoms with Crippen molar-refractivity contribution in [3.8, 4) is 0 Å². The fourth-order valence-corrected chi connectivity index (χ4v) is 4.46. The molecule has 1 heterocycles. The third-order valence-corrected chi connectivity index (χ3v) is 6.17. The second-order valence-electron chi connectivity index (χ2n) is 10.4. The van der Waals surface area contributed by atoms with Crippen LogP contribution in [0.3, 0.4) is 0 Å². The van der Waals surface area contributed by atoms with E-state index < -0.39 is 17.5 Å². The fraction of sp³-hybridized carbons (Fsp3) is 0.517. The van der Waals surface area contributed by atoms with Gasteiger partial charge in [-0.3, -0.25) is 4.79 Å². The minimum Gasteiger partial charge on any atom is -0.331 e. The summed E-state index contributed by atoms with van der Waals surface area (Å²) < 4.78 is 30.4. The molecule has 36 heavy (non-hydrogen) atoms. The maximum Gasteiger partial charge on any atom is 0.257 e. The lowest BCUT2D eigenvalue weighted by Crippen LogP contribution is -2.35. The Labute approximate surface area is 213 Å². The first kappa shape index (κ1) is 27.8. The van der Waals surface area contributed by atoms with Gasteiger partial charge >= 0.3 is 0 Å². The van der Waals surface area contributed by atoms with E-state index in [9.17, 15) is 13.6 Å². The van der Waals surface area contributed by atoms with Crippen LogP contribution in [0.25, 0.3) is 11.0 Å². The Kier molecular flexibility index (Phi) is 9.99. The zero-order valence-electron chi connectivity index (χ0n) is 22.3. The van der Waals surface area contributed by atoms with Crippen LogP contribution in [0.15, 0.2) is 36.4 Å². The third kappa shape index (κ3) is 7.36. The SMILES string of the molecule is CCCn1c(CN(CC(C)C)C(=O)c2cc(F)ccc2F)nc2cc(CNCCCC(C)C)ccc21. The van der Waals surface area contributed by atoms with Gasteiger partial charge in [0.05, 0.1) is 23.1 Å². The molecule has 0 aliphatic rings. The van der Waals surface area contributed by atoms with E-state index in [1.165, 1.54) is 6.42 Å². The van der Waals surface area contributed by atoms with Crippen LogP contribution in [-0.4, -0.2) is 33.4 Å². The summed E-state index contributed by atoms with van der Waals surface area (Å²) in [5.74, 6) is -0.260. The van der Waals surface area contributed by atoms with E-state index in [0.717, 1.165) is 73.1 Å².